The molecule has 21 heavy (non-hydrogen) atoms. The summed E-state index contributed by atoms with van der Waals surface area (Å²) in [7, 11) is 1.62. The van der Waals surface area contributed by atoms with E-state index in [4.69, 9.17) is 22.1 Å². The molecular weight excluding hydrogens is 304 g/mol. The van der Waals surface area contributed by atoms with Crippen molar-refractivity contribution in [2.75, 3.05) is 7.11 Å². The molecule has 0 bridgehead atoms. The summed E-state index contributed by atoms with van der Waals surface area (Å²) in [6.45, 7) is 0. The smallest absolute Gasteiger partial charge is 0.335 e. The fraction of sp³-hybridized carbons (Fsp3) is 0.125. The second-order valence-electron chi connectivity index (χ2n) is 4.27. The van der Waals surface area contributed by atoms with Gasteiger partial charge in [0, 0.05) is 5.75 Å². The Morgan fingerprint density at radius 3 is 2.48 bits per heavy atom. The van der Waals surface area contributed by atoms with E-state index in [0.717, 1.165) is 21.1 Å². The molecule has 0 radical (unpaired) electrons. The van der Waals surface area contributed by atoms with Crippen LogP contribution in [0.5, 0.6) is 5.75 Å². The van der Waals surface area contributed by atoms with Crippen molar-refractivity contribution < 1.29 is 14.6 Å². The minimum Gasteiger partial charge on any atom is -0.497 e. The van der Waals surface area contributed by atoms with Crippen molar-refractivity contribution in [2.45, 2.75) is 5.75 Å². The predicted molar refractivity (Wildman–Crippen MR) is 89.4 cm³/mol. The lowest BCUT2D eigenvalue weighted by molar-refractivity contribution is 0.0696. The zero-order valence-electron chi connectivity index (χ0n) is 11.4. The van der Waals surface area contributed by atoms with Gasteiger partial charge < -0.3 is 9.84 Å². The van der Waals surface area contributed by atoms with E-state index in [1.807, 2.05) is 36.4 Å². The maximum Gasteiger partial charge on any atom is 0.335 e. The number of rotatable bonds is 5. The van der Waals surface area contributed by atoms with Gasteiger partial charge in [0.15, 0.2) is 0 Å². The van der Waals surface area contributed by atoms with Crippen LogP contribution in [0.1, 0.15) is 21.5 Å². The van der Waals surface area contributed by atoms with Gasteiger partial charge >= 0.3 is 5.97 Å². The lowest BCUT2D eigenvalue weighted by atomic mass is 10.1. The van der Waals surface area contributed by atoms with Gasteiger partial charge in [-0.2, -0.15) is 0 Å². The maximum absolute atomic E-state index is 11.2. The molecule has 0 heterocycles. The van der Waals surface area contributed by atoms with Crippen LogP contribution < -0.4 is 4.74 Å². The summed E-state index contributed by atoms with van der Waals surface area (Å²) in [6.07, 6.45) is 0. The second-order valence-corrected chi connectivity index (χ2v) is 5.92. The molecular formula is C16H14O3S2. The average molecular weight is 318 g/mol. The first kappa shape index (κ1) is 15.5. The molecule has 2 aromatic carbocycles. The van der Waals surface area contributed by atoms with E-state index in [2.05, 4.69) is 0 Å². The molecule has 0 fully saturated rings. The quantitative estimate of drug-likeness (QED) is 0.844. The van der Waals surface area contributed by atoms with Crippen LogP contribution in [0.15, 0.2) is 48.5 Å². The Kier molecular flexibility index (Phi) is 5.36. The normalized spacial score (nSPS) is 10.1. The Labute approximate surface area is 132 Å². The van der Waals surface area contributed by atoms with Crippen molar-refractivity contribution in [3.63, 3.8) is 0 Å². The van der Waals surface area contributed by atoms with Gasteiger partial charge in [0.25, 0.3) is 0 Å². The molecule has 3 nitrogen and oxygen atoms in total. The molecule has 0 aromatic heterocycles. The number of carboxylic acid groups (broad SMARTS) is 1. The summed E-state index contributed by atoms with van der Waals surface area (Å²) in [5, 5.41) is 9.15. The molecule has 2 aromatic rings. The highest BCUT2D eigenvalue weighted by Gasteiger charge is 2.10. The SMILES string of the molecule is COc1ccc(C(=S)SCc2ccccc2C(=O)O)cc1. The van der Waals surface area contributed by atoms with E-state index in [1.165, 1.54) is 11.8 Å². The molecule has 0 aliphatic carbocycles. The number of methoxy groups -OCH3 is 1. The van der Waals surface area contributed by atoms with Gasteiger partial charge in [0.2, 0.25) is 0 Å². The number of hydrogen-bond acceptors (Lipinski definition) is 4. The van der Waals surface area contributed by atoms with Gasteiger partial charge in [-0.15, -0.1) is 11.8 Å². The van der Waals surface area contributed by atoms with Crippen LogP contribution in [0.3, 0.4) is 0 Å². The summed E-state index contributed by atoms with van der Waals surface area (Å²) in [5.74, 6) is 0.400. The summed E-state index contributed by atoms with van der Waals surface area (Å²) in [4.78, 5) is 11.2. The number of benzene rings is 2. The topological polar surface area (TPSA) is 46.5 Å². The van der Waals surface area contributed by atoms with E-state index in [0.29, 0.717) is 11.3 Å². The third-order valence-corrected chi connectivity index (χ3v) is 4.47. The third kappa shape index (κ3) is 4.06. The third-order valence-electron chi connectivity index (χ3n) is 2.93. The molecule has 2 rings (SSSR count). The van der Waals surface area contributed by atoms with E-state index in [1.54, 1.807) is 19.2 Å². The molecule has 1 N–H and O–H groups in total. The van der Waals surface area contributed by atoms with Crippen LogP contribution >= 0.6 is 24.0 Å². The van der Waals surface area contributed by atoms with E-state index in [9.17, 15) is 4.79 Å². The van der Waals surface area contributed by atoms with Crippen LogP contribution in [0, 0.1) is 0 Å². The van der Waals surface area contributed by atoms with Crippen LogP contribution in [-0.4, -0.2) is 22.4 Å². The van der Waals surface area contributed by atoms with Crippen molar-refractivity contribution in [1.82, 2.24) is 0 Å². The summed E-state index contributed by atoms with van der Waals surface area (Å²) in [6, 6.07) is 14.5. The number of carboxylic acids is 1. The van der Waals surface area contributed by atoms with Crippen molar-refractivity contribution in [1.29, 1.82) is 0 Å². The summed E-state index contributed by atoms with van der Waals surface area (Å²) < 4.78 is 5.84. The van der Waals surface area contributed by atoms with Crippen LogP contribution in [0.2, 0.25) is 0 Å². The average Bonchev–Trinajstić information content (AvgIpc) is 2.52. The molecule has 108 valence electrons. The summed E-state index contributed by atoms with van der Waals surface area (Å²) in [5.41, 5.74) is 2.02. The Hall–Kier alpha value is -1.85. The zero-order chi connectivity index (χ0) is 15.2. The first-order valence-electron chi connectivity index (χ1n) is 6.24. The highest BCUT2D eigenvalue weighted by atomic mass is 32.2. The molecule has 0 amide bonds. The van der Waals surface area contributed by atoms with E-state index >= 15 is 0 Å². The zero-order valence-corrected chi connectivity index (χ0v) is 13.0. The molecule has 0 saturated carbocycles. The first-order chi connectivity index (χ1) is 10.1. The minimum atomic E-state index is -0.915. The van der Waals surface area contributed by atoms with Crippen molar-refractivity contribution in [3.8, 4) is 5.75 Å². The molecule has 0 aliphatic rings. The minimum absolute atomic E-state index is 0.322. The predicted octanol–water partition coefficient (Wildman–Crippen LogP) is 4.00. The van der Waals surface area contributed by atoms with Gasteiger partial charge in [0.05, 0.1) is 16.9 Å². The van der Waals surface area contributed by atoms with Crippen LogP contribution in [-0.2, 0) is 5.75 Å². The van der Waals surface area contributed by atoms with Crippen LogP contribution in [0.25, 0.3) is 0 Å². The van der Waals surface area contributed by atoms with Crippen LogP contribution in [0.4, 0.5) is 0 Å². The van der Waals surface area contributed by atoms with Gasteiger partial charge in [-0.3, -0.25) is 0 Å². The molecule has 0 unspecified atom stereocenters. The maximum atomic E-state index is 11.2. The monoisotopic (exact) mass is 318 g/mol. The largest absolute Gasteiger partial charge is 0.497 e. The molecule has 0 saturated heterocycles. The molecule has 5 heteroatoms. The lowest BCUT2D eigenvalue weighted by Crippen LogP contribution is -2.02. The van der Waals surface area contributed by atoms with Gasteiger partial charge in [-0.05, 0) is 41.5 Å². The Bertz CT molecular complexity index is 651. The van der Waals surface area contributed by atoms with E-state index in [-0.39, 0.29) is 0 Å². The number of ether oxygens (including phenoxy) is 1. The number of carbonyl (C=O) groups is 1. The highest BCUT2D eigenvalue weighted by Crippen LogP contribution is 2.23. The lowest BCUT2D eigenvalue weighted by Gasteiger charge is -2.07. The molecule has 0 spiro atoms. The number of thioether (sulfide) groups is 1. The first-order valence-corrected chi connectivity index (χ1v) is 7.63. The van der Waals surface area contributed by atoms with Crippen molar-refractivity contribution in [2.24, 2.45) is 0 Å². The Balaban J connectivity index is 2.05. The Morgan fingerprint density at radius 2 is 1.86 bits per heavy atom. The standard InChI is InChI=1S/C16H14O3S2/c1-19-13-8-6-11(7-9-13)16(20)21-10-12-4-2-3-5-14(12)15(17)18/h2-9H,10H2,1H3,(H,17,18). The fourth-order valence-electron chi connectivity index (χ4n) is 1.81. The molecule has 0 atom stereocenters. The number of thiocarbonyl (C=S) groups is 1. The number of aromatic carboxylic acids is 1. The fourth-order valence-corrected chi connectivity index (χ4v) is 2.96. The molecule has 0 aliphatic heterocycles. The van der Waals surface area contributed by atoms with Gasteiger partial charge in [-0.25, -0.2) is 4.79 Å². The van der Waals surface area contributed by atoms with Crippen molar-refractivity contribution >= 4 is 34.1 Å². The summed E-state index contributed by atoms with van der Waals surface area (Å²) >= 11 is 6.84. The number of hydrogen-bond donors (Lipinski definition) is 1. The van der Waals surface area contributed by atoms with E-state index < -0.39 is 5.97 Å². The highest BCUT2D eigenvalue weighted by molar-refractivity contribution is 8.23. The van der Waals surface area contributed by atoms with Gasteiger partial charge in [0.1, 0.15) is 5.75 Å². The Morgan fingerprint density at radius 1 is 1.19 bits per heavy atom. The van der Waals surface area contributed by atoms with Gasteiger partial charge in [-0.1, -0.05) is 30.4 Å². The van der Waals surface area contributed by atoms with Crippen molar-refractivity contribution in [3.05, 3.63) is 65.2 Å². The second kappa shape index (κ2) is 7.24.